The second kappa shape index (κ2) is 13.8. The Labute approximate surface area is 260 Å². The van der Waals surface area contributed by atoms with Crippen molar-refractivity contribution in [2.45, 2.75) is 25.2 Å². The fourth-order valence-corrected chi connectivity index (χ4v) is 6.10. The molecule has 45 heavy (non-hydrogen) atoms. The molecule has 1 fully saturated rings. The van der Waals surface area contributed by atoms with Crippen molar-refractivity contribution in [2.24, 2.45) is 0 Å². The Kier molecular flexibility index (Phi) is 9.86. The van der Waals surface area contributed by atoms with Crippen LogP contribution >= 0.6 is 0 Å². The van der Waals surface area contributed by atoms with Crippen molar-refractivity contribution < 1.29 is 41.4 Å². The SMILES string of the molecule is CNC(=O)c1c(-c2ccc(F)cc2)oc2cc(N(CCOCCOCCc3ccc(C(=O)O)cc3)S(C)(=O)=O)c(C3CC3)cc12. The van der Waals surface area contributed by atoms with Crippen molar-refractivity contribution in [3.63, 3.8) is 0 Å². The van der Waals surface area contributed by atoms with Gasteiger partial charge in [0.15, 0.2) is 0 Å². The molecular weight excluding hydrogens is 603 g/mol. The summed E-state index contributed by atoms with van der Waals surface area (Å²) in [5.74, 6) is -1.34. The maximum absolute atomic E-state index is 13.6. The molecule has 12 heteroatoms. The number of benzene rings is 3. The molecule has 1 heterocycles. The van der Waals surface area contributed by atoms with Crippen molar-refractivity contribution in [3.8, 4) is 11.3 Å². The summed E-state index contributed by atoms with van der Waals surface area (Å²) in [4.78, 5) is 24.0. The summed E-state index contributed by atoms with van der Waals surface area (Å²) in [6.45, 7) is 1.19. The number of nitrogens with zero attached hydrogens (tertiary/aromatic N) is 1. The number of carboxylic acid groups (broad SMARTS) is 1. The van der Waals surface area contributed by atoms with E-state index >= 15 is 0 Å². The van der Waals surface area contributed by atoms with Gasteiger partial charge in [-0.1, -0.05) is 12.1 Å². The molecule has 1 aliphatic rings. The Morgan fingerprint density at radius 2 is 1.67 bits per heavy atom. The minimum absolute atomic E-state index is 0.0633. The van der Waals surface area contributed by atoms with E-state index in [0.717, 1.165) is 30.2 Å². The lowest BCUT2D eigenvalue weighted by Crippen LogP contribution is -2.34. The number of ether oxygens (including phenoxy) is 2. The highest BCUT2D eigenvalue weighted by atomic mass is 32.2. The van der Waals surface area contributed by atoms with Gasteiger partial charge in [0.1, 0.15) is 17.2 Å². The van der Waals surface area contributed by atoms with Gasteiger partial charge in [-0.2, -0.15) is 0 Å². The van der Waals surface area contributed by atoms with E-state index in [1.807, 2.05) is 6.07 Å². The first-order chi connectivity index (χ1) is 21.6. The summed E-state index contributed by atoms with van der Waals surface area (Å²) in [5, 5.41) is 12.2. The lowest BCUT2D eigenvalue weighted by atomic mass is 10.0. The number of carbonyl (C=O) groups is 2. The van der Waals surface area contributed by atoms with Gasteiger partial charge in [0.25, 0.3) is 5.91 Å². The van der Waals surface area contributed by atoms with E-state index in [0.29, 0.717) is 47.4 Å². The average Bonchev–Trinajstić information content (AvgIpc) is 3.79. The standard InChI is InChI=1S/C33H35FN2O8S/c1-35-32(37)30-27-19-26(22-7-8-22)28(20-29(27)44-31(30)23-9-11-25(34)12-10-23)36(45(2,40)41)14-16-43-18-17-42-15-13-21-3-5-24(6-4-21)33(38)39/h3-6,9-12,19-20,22H,7-8,13-18H2,1-2H3,(H,35,37)(H,38,39). The maximum atomic E-state index is 13.6. The quantitative estimate of drug-likeness (QED) is 0.169. The number of halogens is 1. The molecule has 0 atom stereocenters. The van der Waals surface area contributed by atoms with Crippen molar-refractivity contribution in [1.29, 1.82) is 0 Å². The molecule has 238 valence electrons. The fraction of sp³-hybridized carbons (Fsp3) is 0.333. The lowest BCUT2D eigenvalue weighted by molar-refractivity contribution is 0.0522. The molecule has 5 rings (SSSR count). The molecule has 0 spiro atoms. The van der Waals surface area contributed by atoms with Crippen LogP contribution in [0.4, 0.5) is 10.1 Å². The monoisotopic (exact) mass is 638 g/mol. The summed E-state index contributed by atoms with van der Waals surface area (Å²) < 4.78 is 58.5. The van der Waals surface area contributed by atoms with Gasteiger partial charge < -0.3 is 24.3 Å². The largest absolute Gasteiger partial charge is 0.478 e. The Hall–Kier alpha value is -4.26. The zero-order chi connectivity index (χ0) is 32.1. The number of hydrogen-bond donors (Lipinski definition) is 2. The van der Waals surface area contributed by atoms with Gasteiger partial charge in [-0.3, -0.25) is 9.10 Å². The van der Waals surface area contributed by atoms with Crippen LogP contribution in [0.2, 0.25) is 0 Å². The molecular formula is C33H35FN2O8S. The fourth-order valence-electron chi connectivity index (χ4n) is 5.18. The first-order valence-corrected chi connectivity index (χ1v) is 16.5. The number of carbonyl (C=O) groups excluding carboxylic acids is 1. The lowest BCUT2D eigenvalue weighted by Gasteiger charge is -2.25. The number of fused-ring (bicyclic) bond motifs is 1. The van der Waals surface area contributed by atoms with Crippen molar-refractivity contribution in [3.05, 3.63) is 88.7 Å². The Morgan fingerprint density at radius 1 is 1.00 bits per heavy atom. The van der Waals surface area contributed by atoms with Crippen LogP contribution in [0.1, 0.15) is 50.6 Å². The van der Waals surface area contributed by atoms with Crippen molar-refractivity contribution in [2.75, 3.05) is 50.6 Å². The average molecular weight is 639 g/mol. The van der Waals surface area contributed by atoms with Gasteiger partial charge in [0, 0.05) is 24.1 Å². The van der Waals surface area contributed by atoms with Crippen LogP contribution < -0.4 is 9.62 Å². The second-order valence-corrected chi connectivity index (χ2v) is 12.8. The number of furan rings is 1. The smallest absolute Gasteiger partial charge is 0.335 e. The van der Waals surface area contributed by atoms with Crippen LogP contribution in [0.5, 0.6) is 0 Å². The highest BCUT2D eigenvalue weighted by molar-refractivity contribution is 7.92. The number of hydrogen-bond acceptors (Lipinski definition) is 7. The first-order valence-electron chi connectivity index (χ1n) is 14.6. The van der Waals surface area contributed by atoms with Crippen LogP contribution in [0.15, 0.2) is 65.1 Å². The molecule has 0 saturated heterocycles. The molecule has 4 aromatic rings. The normalized spacial score (nSPS) is 13.2. The summed E-state index contributed by atoms with van der Waals surface area (Å²) >= 11 is 0. The second-order valence-electron chi connectivity index (χ2n) is 10.9. The highest BCUT2D eigenvalue weighted by Gasteiger charge is 2.33. The Morgan fingerprint density at radius 3 is 2.27 bits per heavy atom. The third kappa shape index (κ3) is 7.70. The first kappa shape index (κ1) is 32.1. The summed E-state index contributed by atoms with van der Waals surface area (Å²) in [6.07, 6.45) is 3.55. The van der Waals surface area contributed by atoms with Gasteiger partial charge in [0.2, 0.25) is 10.0 Å². The molecule has 0 unspecified atom stereocenters. The topological polar surface area (TPSA) is 135 Å². The molecule has 1 amide bonds. The summed E-state index contributed by atoms with van der Waals surface area (Å²) in [6, 6.07) is 15.8. The number of anilines is 1. The zero-order valence-electron chi connectivity index (χ0n) is 25.0. The van der Waals surface area contributed by atoms with Gasteiger partial charge in [-0.15, -0.1) is 0 Å². The van der Waals surface area contributed by atoms with Gasteiger partial charge >= 0.3 is 5.97 Å². The summed E-state index contributed by atoms with van der Waals surface area (Å²) in [7, 11) is -2.20. The number of rotatable bonds is 15. The molecule has 0 bridgehead atoms. The predicted molar refractivity (Wildman–Crippen MR) is 168 cm³/mol. The van der Waals surface area contributed by atoms with E-state index in [4.69, 9.17) is 19.0 Å². The zero-order valence-corrected chi connectivity index (χ0v) is 25.9. The molecule has 3 aromatic carbocycles. The highest BCUT2D eigenvalue weighted by Crippen LogP contribution is 2.48. The van der Waals surface area contributed by atoms with Crippen LogP contribution in [-0.4, -0.2) is 71.7 Å². The van der Waals surface area contributed by atoms with Crippen LogP contribution in [0.25, 0.3) is 22.3 Å². The number of amides is 1. The number of carboxylic acids is 1. The van der Waals surface area contributed by atoms with Gasteiger partial charge in [0.05, 0.1) is 56.0 Å². The maximum Gasteiger partial charge on any atom is 0.335 e. The minimum Gasteiger partial charge on any atom is -0.478 e. The molecule has 0 radical (unpaired) electrons. The molecule has 10 nitrogen and oxygen atoms in total. The van der Waals surface area contributed by atoms with Gasteiger partial charge in [-0.05, 0) is 78.8 Å². The van der Waals surface area contributed by atoms with E-state index < -0.39 is 21.8 Å². The van der Waals surface area contributed by atoms with E-state index in [1.165, 1.54) is 35.6 Å². The molecule has 2 N–H and O–H groups in total. The molecule has 0 aliphatic heterocycles. The number of aromatic carboxylic acids is 1. The van der Waals surface area contributed by atoms with Crippen LogP contribution in [-0.2, 0) is 25.9 Å². The van der Waals surface area contributed by atoms with E-state index in [9.17, 15) is 22.4 Å². The number of nitrogens with one attached hydrogen (secondary N) is 1. The van der Waals surface area contributed by atoms with Gasteiger partial charge in [-0.25, -0.2) is 17.6 Å². The Balaban J connectivity index is 1.28. The summed E-state index contributed by atoms with van der Waals surface area (Å²) in [5.41, 5.74) is 3.64. The minimum atomic E-state index is -3.71. The van der Waals surface area contributed by atoms with Crippen molar-refractivity contribution in [1.82, 2.24) is 5.32 Å². The van der Waals surface area contributed by atoms with Crippen LogP contribution in [0.3, 0.4) is 0 Å². The van der Waals surface area contributed by atoms with Crippen molar-refractivity contribution >= 4 is 38.6 Å². The number of sulfonamides is 1. The molecule has 1 saturated carbocycles. The van der Waals surface area contributed by atoms with Crippen LogP contribution in [0, 0.1) is 5.82 Å². The molecule has 1 aliphatic carbocycles. The van der Waals surface area contributed by atoms with E-state index in [2.05, 4.69) is 5.32 Å². The predicted octanol–water partition coefficient (Wildman–Crippen LogP) is 5.22. The third-order valence-corrected chi connectivity index (χ3v) is 8.81. The molecule has 1 aromatic heterocycles. The van der Waals surface area contributed by atoms with E-state index in [-0.39, 0.29) is 42.9 Å². The van der Waals surface area contributed by atoms with E-state index in [1.54, 1.807) is 30.3 Å². The third-order valence-electron chi connectivity index (χ3n) is 7.63. The Bertz CT molecular complexity index is 1780.